The van der Waals surface area contributed by atoms with Crippen molar-refractivity contribution >= 4 is 28.3 Å². The van der Waals surface area contributed by atoms with E-state index in [1.807, 2.05) is 50.2 Å². The highest BCUT2D eigenvalue weighted by atomic mass is 35.5. The molecule has 8 heteroatoms. The molecule has 3 heterocycles. The molecule has 1 aliphatic heterocycles. The zero-order chi connectivity index (χ0) is 24.5. The molecular weight excluding hydrogens is 467 g/mol. The maximum atomic E-state index is 15.1. The molecule has 6 nitrogen and oxygen atoms in total. The molecule has 180 valence electrons. The summed E-state index contributed by atoms with van der Waals surface area (Å²) < 4.78 is 22.7. The fourth-order valence-electron chi connectivity index (χ4n) is 4.59. The molecule has 1 fully saturated rings. The number of hydrogen-bond donors (Lipinski definition) is 0. The van der Waals surface area contributed by atoms with Crippen molar-refractivity contribution < 1.29 is 9.13 Å². The molecule has 0 radical (unpaired) electrons. The van der Waals surface area contributed by atoms with Crippen LogP contribution in [-0.2, 0) is 11.3 Å². The molecule has 0 bridgehead atoms. The number of fused-ring (bicyclic) bond motifs is 1. The molecule has 0 amide bonds. The molecule has 1 aliphatic rings. The molecule has 1 atom stereocenters. The van der Waals surface area contributed by atoms with Gasteiger partial charge in [-0.1, -0.05) is 48.9 Å². The Morgan fingerprint density at radius 3 is 2.69 bits per heavy atom. The SMILES string of the molecule is CCCn1c(C)nc2cc(N3CCOC(c4ccccc4)C3)nc(-c3ccc(Cl)cc3F)c2c1=O. The lowest BCUT2D eigenvalue weighted by Crippen LogP contribution is -2.39. The maximum Gasteiger partial charge on any atom is 0.263 e. The number of nitrogens with zero attached hydrogens (tertiary/aromatic N) is 4. The van der Waals surface area contributed by atoms with Crippen molar-refractivity contribution in [2.45, 2.75) is 32.9 Å². The van der Waals surface area contributed by atoms with Gasteiger partial charge in [0.05, 0.1) is 23.2 Å². The lowest BCUT2D eigenvalue weighted by molar-refractivity contribution is 0.0395. The number of morpholine rings is 1. The zero-order valence-corrected chi connectivity index (χ0v) is 20.4. The first-order chi connectivity index (χ1) is 17.0. The van der Waals surface area contributed by atoms with Gasteiger partial charge in [0.1, 0.15) is 23.6 Å². The summed E-state index contributed by atoms with van der Waals surface area (Å²) >= 11 is 6.01. The van der Waals surface area contributed by atoms with Gasteiger partial charge in [-0.3, -0.25) is 9.36 Å². The molecule has 2 aromatic carbocycles. The predicted octanol–water partition coefficient (Wildman–Crippen LogP) is 5.55. The van der Waals surface area contributed by atoms with Crippen LogP contribution in [0.5, 0.6) is 0 Å². The van der Waals surface area contributed by atoms with Crippen LogP contribution < -0.4 is 10.5 Å². The number of pyridine rings is 1. The summed E-state index contributed by atoms with van der Waals surface area (Å²) in [5.74, 6) is 0.716. The Morgan fingerprint density at radius 1 is 1.14 bits per heavy atom. The van der Waals surface area contributed by atoms with Crippen LogP contribution in [0.25, 0.3) is 22.2 Å². The summed E-state index contributed by atoms with van der Waals surface area (Å²) in [4.78, 5) is 25.2. The van der Waals surface area contributed by atoms with E-state index in [9.17, 15) is 4.79 Å². The average molecular weight is 493 g/mol. The van der Waals surface area contributed by atoms with Crippen LogP contribution in [0.4, 0.5) is 10.2 Å². The van der Waals surface area contributed by atoms with E-state index >= 15 is 4.39 Å². The van der Waals surface area contributed by atoms with Crippen molar-refractivity contribution in [1.29, 1.82) is 0 Å². The second-order valence-corrected chi connectivity index (χ2v) is 9.12. The fourth-order valence-corrected chi connectivity index (χ4v) is 4.74. The molecule has 1 saturated heterocycles. The summed E-state index contributed by atoms with van der Waals surface area (Å²) in [5.41, 5.74) is 1.86. The first kappa shape index (κ1) is 23.5. The van der Waals surface area contributed by atoms with Crippen molar-refractivity contribution in [2.24, 2.45) is 0 Å². The third-order valence-corrected chi connectivity index (χ3v) is 6.55. The van der Waals surface area contributed by atoms with Crippen LogP contribution in [0, 0.1) is 12.7 Å². The molecule has 1 unspecified atom stereocenters. The van der Waals surface area contributed by atoms with Gasteiger partial charge in [-0.15, -0.1) is 0 Å². The number of ether oxygens (including phenoxy) is 1. The number of benzene rings is 2. The third kappa shape index (κ3) is 4.54. The first-order valence-electron chi connectivity index (χ1n) is 11.8. The van der Waals surface area contributed by atoms with Gasteiger partial charge >= 0.3 is 0 Å². The van der Waals surface area contributed by atoms with Crippen LogP contribution in [0.15, 0.2) is 59.4 Å². The molecular formula is C27H26ClFN4O2. The van der Waals surface area contributed by atoms with E-state index in [0.29, 0.717) is 48.8 Å². The van der Waals surface area contributed by atoms with Gasteiger partial charge in [0.15, 0.2) is 0 Å². The van der Waals surface area contributed by atoms with Crippen molar-refractivity contribution in [3.63, 3.8) is 0 Å². The fraction of sp³-hybridized carbons (Fsp3) is 0.296. The van der Waals surface area contributed by atoms with Crippen molar-refractivity contribution in [1.82, 2.24) is 14.5 Å². The quantitative estimate of drug-likeness (QED) is 0.365. The van der Waals surface area contributed by atoms with Crippen LogP contribution in [-0.4, -0.2) is 34.2 Å². The van der Waals surface area contributed by atoms with Gasteiger partial charge in [0.25, 0.3) is 5.56 Å². The summed E-state index contributed by atoms with van der Waals surface area (Å²) in [6.07, 6.45) is 0.657. The lowest BCUT2D eigenvalue weighted by Gasteiger charge is -2.34. The van der Waals surface area contributed by atoms with E-state index in [4.69, 9.17) is 26.3 Å². The van der Waals surface area contributed by atoms with Crippen molar-refractivity contribution in [2.75, 3.05) is 24.6 Å². The zero-order valence-electron chi connectivity index (χ0n) is 19.7. The van der Waals surface area contributed by atoms with Crippen molar-refractivity contribution in [3.05, 3.63) is 87.2 Å². The van der Waals surface area contributed by atoms with E-state index < -0.39 is 5.82 Å². The summed E-state index contributed by atoms with van der Waals surface area (Å²) in [5, 5.41) is 0.588. The van der Waals surface area contributed by atoms with E-state index in [-0.39, 0.29) is 27.9 Å². The van der Waals surface area contributed by atoms with Crippen LogP contribution in [0.2, 0.25) is 5.02 Å². The van der Waals surface area contributed by atoms with Crippen LogP contribution in [0.1, 0.15) is 30.8 Å². The summed E-state index contributed by atoms with van der Waals surface area (Å²) in [6.45, 7) is 6.07. The molecule has 2 aromatic heterocycles. The highest BCUT2D eigenvalue weighted by molar-refractivity contribution is 6.30. The normalized spacial score (nSPS) is 16.1. The highest BCUT2D eigenvalue weighted by Gasteiger charge is 2.26. The Labute approximate surface area is 208 Å². The van der Waals surface area contributed by atoms with Gasteiger partial charge in [-0.2, -0.15) is 0 Å². The molecule has 0 aliphatic carbocycles. The molecule has 35 heavy (non-hydrogen) atoms. The molecule has 0 spiro atoms. The standard InChI is InChI=1S/C27H26ClFN4O2/c1-3-11-33-17(2)30-22-15-24(32-12-13-35-23(16-32)18-7-5-4-6-8-18)31-26(25(22)27(33)34)20-10-9-19(28)14-21(20)29/h4-10,14-15,23H,3,11-13,16H2,1-2H3. The Kier molecular flexibility index (Phi) is 6.54. The second kappa shape index (κ2) is 9.76. The van der Waals surface area contributed by atoms with Gasteiger partial charge in [-0.05, 0) is 37.1 Å². The van der Waals surface area contributed by atoms with Crippen molar-refractivity contribution in [3.8, 4) is 11.3 Å². The largest absolute Gasteiger partial charge is 0.370 e. The van der Waals surface area contributed by atoms with Crippen LogP contribution in [0.3, 0.4) is 0 Å². The number of rotatable bonds is 5. The minimum Gasteiger partial charge on any atom is -0.370 e. The predicted molar refractivity (Wildman–Crippen MR) is 137 cm³/mol. The van der Waals surface area contributed by atoms with E-state index in [1.54, 1.807) is 16.7 Å². The molecule has 0 N–H and O–H groups in total. The minimum atomic E-state index is -0.533. The molecule has 5 rings (SSSR count). The highest BCUT2D eigenvalue weighted by Crippen LogP contribution is 2.33. The van der Waals surface area contributed by atoms with Crippen LogP contribution >= 0.6 is 11.6 Å². The van der Waals surface area contributed by atoms with Gasteiger partial charge in [0.2, 0.25) is 0 Å². The first-order valence-corrected chi connectivity index (χ1v) is 12.1. The number of halogens is 2. The average Bonchev–Trinajstić information content (AvgIpc) is 2.86. The smallest absolute Gasteiger partial charge is 0.263 e. The second-order valence-electron chi connectivity index (χ2n) is 8.68. The Balaban J connectivity index is 1.68. The Bertz CT molecular complexity index is 1440. The number of hydrogen-bond acceptors (Lipinski definition) is 5. The number of aryl methyl sites for hydroxylation is 1. The Hall–Kier alpha value is -3.29. The molecule has 4 aromatic rings. The minimum absolute atomic E-state index is 0.120. The van der Waals surface area contributed by atoms with E-state index in [1.165, 1.54) is 6.07 Å². The summed E-state index contributed by atoms with van der Waals surface area (Å²) in [7, 11) is 0. The number of anilines is 1. The third-order valence-electron chi connectivity index (χ3n) is 6.31. The molecule has 0 saturated carbocycles. The maximum absolute atomic E-state index is 15.1. The van der Waals surface area contributed by atoms with Gasteiger partial charge in [0, 0.05) is 36.3 Å². The monoisotopic (exact) mass is 492 g/mol. The van der Waals surface area contributed by atoms with E-state index in [2.05, 4.69) is 4.90 Å². The lowest BCUT2D eigenvalue weighted by atomic mass is 10.1. The number of aromatic nitrogens is 3. The van der Waals surface area contributed by atoms with Gasteiger partial charge in [-0.25, -0.2) is 14.4 Å². The summed E-state index contributed by atoms with van der Waals surface area (Å²) in [6, 6.07) is 16.3. The van der Waals surface area contributed by atoms with Gasteiger partial charge < -0.3 is 9.64 Å². The van der Waals surface area contributed by atoms with E-state index in [0.717, 1.165) is 12.0 Å². The topological polar surface area (TPSA) is 60.3 Å². The Morgan fingerprint density at radius 2 is 1.94 bits per heavy atom.